The highest BCUT2D eigenvalue weighted by atomic mass is 35.5. The molecule has 4 rings (SSSR count). The van der Waals surface area contributed by atoms with Crippen molar-refractivity contribution in [3.63, 3.8) is 0 Å². The van der Waals surface area contributed by atoms with E-state index in [9.17, 15) is 41.8 Å². The van der Waals surface area contributed by atoms with Gasteiger partial charge in [0.2, 0.25) is 0 Å². The number of carbonyl (C=O) groups excluding carboxylic acids is 2. The van der Waals surface area contributed by atoms with Crippen molar-refractivity contribution in [1.82, 2.24) is 14.3 Å². The molecule has 0 fully saturated rings. The van der Waals surface area contributed by atoms with Crippen LogP contribution in [-0.2, 0) is 20.7 Å². The molecule has 1 N–H and O–H groups in total. The van der Waals surface area contributed by atoms with Crippen LogP contribution in [0.4, 0.5) is 23.2 Å². The number of anilines is 1. The number of carboxylic acid groups (broad SMARTS) is 1. The number of carboxylic acids is 1. The van der Waals surface area contributed by atoms with E-state index < -0.39 is 53.1 Å². The average molecular weight is 734 g/mol. The molecule has 1 heterocycles. The predicted molar refractivity (Wildman–Crippen MR) is 171 cm³/mol. The molecule has 2 atom stereocenters. The number of aliphatic carboxylic acids is 1. The fourth-order valence-corrected chi connectivity index (χ4v) is 4.88. The van der Waals surface area contributed by atoms with Crippen LogP contribution in [-0.4, -0.2) is 55.3 Å². The van der Waals surface area contributed by atoms with Gasteiger partial charge in [0.25, 0.3) is 5.91 Å². The maximum Gasteiger partial charge on any atom is 0.355 e. The van der Waals surface area contributed by atoms with E-state index in [0.29, 0.717) is 10.2 Å². The number of halogens is 7. The standard InChI is InChI=1S/C16H13ClFNO3.C15H14Cl2F3N3O3/c1-10(16(21)22)19(12-7-8-14(18)13(17)9-12)15(20)11-5-3-2-4-6-11;1-3-26-13(24)10(17)4-8-5-12(11(18)6-9(8)16)23-15(25)22(14(19)20)7(2)21-23/h2-10H,1H3,(H,21,22);5-6,10,14H,3-4H2,1-2H3/t10-;/m1./s1. The van der Waals surface area contributed by atoms with E-state index in [2.05, 4.69) is 5.10 Å². The summed E-state index contributed by atoms with van der Waals surface area (Å²) < 4.78 is 58.8. The summed E-state index contributed by atoms with van der Waals surface area (Å²) in [5.41, 5.74) is -0.819. The number of carbonyl (C=O) groups is 3. The van der Waals surface area contributed by atoms with Gasteiger partial charge >= 0.3 is 24.2 Å². The number of rotatable bonds is 10. The van der Waals surface area contributed by atoms with Crippen LogP contribution in [0.5, 0.6) is 0 Å². The molecule has 17 heteroatoms. The van der Waals surface area contributed by atoms with Crippen molar-refractivity contribution in [2.45, 2.75) is 45.2 Å². The summed E-state index contributed by atoms with van der Waals surface area (Å²) in [6.45, 7) is 1.18. The van der Waals surface area contributed by atoms with Gasteiger partial charge in [0, 0.05) is 22.7 Å². The highest BCUT2D eigenvalue weighted by Gasteiger charge is 2.29. The van der Waals surface area contributed by atoms with Crippen LogP contribution in [0.3, 0.4) is 0 Å². The molecule has 256 valence electrons. The predicted octanol–water partition coefficient (Wildman–Crippen LogP) is 6.84. The second-order valence-electron chi connectivity index (χ2n) is 9.86. The van der Waals surface area contributed by atoms with Gasteiger partial charge in [-0.25, -0.2) is 22.9 Å². The van der Waals surface area contributed by atoms with E-state index in [0.717, 1.165) is 23.1 Å². The number of aromatic nitrogens is 3. The van der Waals surface area contributed by atoms with Gasteiger partial charge in [0.1, 0.15) is 28.7 Å². The minimum Gasteiger partial charge on any atom is -0.480 e. The van der Waals surface area contributed by atoms with Crippen molar-refractivity contribution in [3.8, 4) is 5.69 Å². The molecule has 0 aliphatic rings. The molecule has 0 radical (unpaired) electrons. The number of benzene rings is 3. The molecule has 0 saturated heterocycles. The molecule has 4 aromatic rings. The number of hydrogen-bond donors (Lipinski definition) is 1. The first-order chi connectivity index (χ1) is 22.6. The van der Waals surface area contributed by atoms with Crippen LogP contribution >= 0.6 is 34.8 Å². The minimum atomic E-state index is -3.12. The Morgan fingerprint density at radius 3 is 2.19 bits per heavy atom. The van der Waals surface area contributed by atoms with Crippen molar-refractivity contribution < 1.29 is 41.8 Å². The maximum atomic E-state index is 14.2. The lowest BCUT2D eigenvalue weighted by atomic mass is 10.1. The van der Waals surface area contributed by atoms with E-state index in [1.165, 1.54) is 26.0 Å². The third-order valence-corrected chi connectivity index (χ3v) is 7.60. The van der Waals surface area contributed by atoms with Crippen LogP contribution in [0, 0.1) is 18.6 Å². The molecule has 0 saturated carbocycles. The van der Waals surface area contributed by atoms with E-state index in [1.54, 1.807) is 37.3 Å². The number of ether oxygens (including phenoxy) is 1. The first-order valence-electron chi connectivity index (χ1n) is 13.9. The molecule has 0 aliphatic carbocycles. The molecule has 3 aromatic carbocycles. The van der Waals surface area contributed by atoms with Crippen molar-refractivity contribution in [1.29, 1.82) is 0 Å². The Morgan fingerprint density at radius 1 is 1.00 bits per heavy atom. The van der Waals surface area contributed by atoms with Gasteiger partial charge in [-0.2, -0.15) is 13.5 Å². The Balaban J connectivity index is 0.000000264. The highest BCUT2D eigenvalue weighted by Crippen LogP contribution is 2.27. The topological polar surface area (TPSA) is 124 Å². The smallest absolute Gasteiger partial charge is 0.355 e. The summed E-state index contributed by atoms with van der Waals surface area (Å²) in [7, 11) is 0. The van der Waals surface area contributed by atoms with E-state index in [4.69, 9.17) is 39.5 Å². The van der Waals surface area contributed by atoms with Gasteiger partial charge in [-0.05, 0) is 68.8 Å². The molecular formula is C31H27Cl3F4N4O6. The van der Waals surface area contributed by atoms with E-state index in [1.807, 2.05) is 0 Å². The lowest BCUT2D eigenvalue weighted by Gasteiger charge is -2.27. The summed E-state index contributed by atoms with van der Waals surface area (Å²) in [4.78, 5) is 48.7. The fraction of sp³-hybridized carbons (Fsp3) is 0.258. The summed E-state index contributed by atoms with van der Waals surface area (Å²) in [6, 6.07) is 12.8. The Morgan fingerprint density at radius 2 is 1.65 bits per heavy atom. The number of amides is 1. The second kappa shape index (κ2) is 16.6. The quantitative estimate of drug-likeness (QED) is 0.108. The van der Waals surface area contributed by atoms with Crippen molar-refractivity contribution in [3.05, 3.63) is 110 Å². The summed E-state index contributed by atoms with van der Waals surface area (Å²) >= 11 is 17.6. The number of hydrogen-bond acceptors (Lipinski definition) is 6. The first kappa shape index (κ1) is 38.1. The van der Waals surface area contributed by atoms with Gasteiger partial charge in [-0.15, -0.1) is 16.7 Å². The van der Waals surface area contributed by atoms with Gasteiger partial charge in [0.05, 0.1) is 11.6 Å². The largest absolute Gasteiger partial charge is 0.480 e. The molecule has 0 aliphatic heterocycles. The van der Waals surface area contributed by atoms with Crippen molar-refractivity contribution in [2.75, 3.05) is 11.5 Å². The Labute approximate surface area is 286 Å². The molecule has 1 aromatic heterocycles. The SMILES string of the molecule is CCOC(=O)C(Cl)Cc1cc(-n2nc(C)n(C(F)F)c2=O)c(F)cc1Cl.C[C@H](C(=O)O)N(C(=O)c1ccccc1)c1ccc(F)c(Cl)c1. The zero-order chi connectivity index (χ0) is 35.9. The van der Waals surface area contributed by atoms with Crippen molar-refractivity contribution in [2.24, 2.45) is 0 Å². The van der Waals surface area contributed by atoms with Gasteiger partial charge in [0.15, 0.2) is 5.82 Å². The van der Waals surface area contributed by atoms with Gasteiger partial charge in [-0.3, -0.25) is 14.5 Å². The normalized spacial score (nSPS) is 12.1. The lowest BCUT2D eigenvalue weighted by Crippen LogP contribution is -2.43. The van der Waals surface area contributed by atoms with E-state index in [-0.39, 0.29) is 50.4 Å². The summed E-state index contributed by atoms with van der Waals surface area (Å²) in [5.74, 6) is -4.24. The van der Waals surface area contributed by atoms with Gasteiger partial charge < -0.3 is 9.84 Å². The third kappa shape index (κ3) is 8.94. The molecule has 1 unspecified atom stereocenters. The summed E-state index contributed by atoms with van der Waals surface area (Å²) in [6.07, 6.45) is -0.115. The fourth-order valence-electron chi connectivity index (χ4n) is 4.25. The maximum absolute atomic E-state index is 14.2. The Kier molecular flexibility index (Phi) is 13.2. The van der Waals surface area contributed by atoms with E-state index >= 15 is 0 Å². The van der Waals surface area contributed by atoms with Crippen LogP contribution in [0.25, 0.3) is 5.69 Å². The number of esters is 1. The highest BCUT2D eigenvalue weighted by molar-refractivity contribution is 6.32. The van der Waals surface area contributed by atoms with Crippen LogP contribution in [0.15, 0.2) is 65.5 Å². The zero-order valence-corrected chi connectivity index (χ0v) is 27.6. The van der Waals surface area contributed by atoms with Crippen LogP contribution in [0.1, 0.15) is 42.1 Å². The molecule has 1 amide bonds. The molecule has 10 nitrogen and oxygen atoms in total. The van der Waals surface area contributed by atoms with Crippen molar-refractivity contribution >= 4 is 58.3 Å². The number of nitrogens with zero attached hydrogens (tertiary/aromatic N) is 4. The Hall–Kier alpha value is -4.40. The molecule has 48 heavy (non-hydrogen) atoms. The Bertz CT molecular complexity index is 1860. The number of aryl methyl sites for hydroxylation is 1. The van der Waals surface area contributed by atoms with Crippen LogP contribution in [0.2, 0.25) is 10.0 Å². The summed E-state index contributed by atoms with van der Waals surface area (Å²) in [5, 5.41) is 11.6. The number of alkyl halides is 3. The molecule has 0 spiro atoms. The lowest BCUT2D eigenvalue weighted by molar-refractivity contribution is -0.142. The minimum absolute atomic E-state index is 0.0424. The zero-order valence-electron chi connectivity index (χ0n) is 25.3. The molecule has 0 bridgehead atoms. The van der Waals surface area contributed by atoms with Crippen LogP contribution < -0.4 is 10.6 Å². The van der Waals surface area contributed by atoms with Gasteiger partial charge in [-0.1, -0.05) is 41.4 Å². The second-order valence-corrected chi connectivity index (χ2v) is 11.2. The third-order valence-electron chi connectivity index (χ3n) is 6.63. The molecular weight excluding hydrogens is 707 g/mol. The first-order valence-corrected chi connectivity index (χ1v) is 15.1. The average Bonchev–Trinajstić information content (AvgIpc) is 3.34. The monoisotopic (exact) mass is 732 g/mol.